The third-order valence-corrected chi connectivity index (χ3v) is 10.1. The van der Waals surface area contributed by atoms with Crippen molar-refractivity contribution in [1.29, 1.82) is 0 Å². The van der Waals surface area contributed by atoms with Gasteiger partial charge >= 0.3 is 11.9 Å². The molecule has 0 saturated heterocycles. The van der Waals surface area contributed by atoms with E-state index in [0.29, 0.717) is 12.8 Å². The van der Waals surface area contributed by atoms with Gasteiger partial charge in [-0.2, -0.15) is 0 Å². The molecule has 306 valence electrons. The summed E-state index contributed by atoms with van der Waals surface area (Å²) in [7, 11) is 0. The summed E-state index contributed by atoms with van der Waals surface area (Å²) in [5, 5.41) is 2.69. The van der Waals surface area contributed by atoms with E-state index >= 15 is 0 Å². The molecule has 0 aromatic carbocycles. The third kappa shape index (κ3) is 36.4. The van der Waals surface area contributed by atoms with Crippen LogP contribution >= 0.6 is 0 Å². The van der Waals surface area contributed by atoms with Crippen molar-refractivity contribution in [1.82, 2.24) is 5.32 Å². The summed E-state index contributed by atoms with van der Waals surface area (Å²) in [6.07, 6.45) is 38.9. The molecule has 0 rings (SSSR count). The molecule has 0 aliphatic heterocycles. The first-order chi connectivity index (χ1) is 25.4. The first kappa shape index (κ1) is 50.0. The van der Waals surface area contributed by atoms with Crippen LogP contribution < -0.4 is 11.1 Å². The van der Waals surface area contributed by atoms with Crippen LogP contribution in [0.5, 0.6) is 0 Å². The van der Waals surface area contributed by atoms with Crippen LogP contribution in [0, 0.1) is 0 Å². The van der Waals surface area contributed by atoms with Gasteiger partial charge in [0.2, 0.25) is 5.91 Å². The summed E-state index contributed by atoms with van der Waals surface area (Å²) in [5.41, 5.74) is 5.87. The lowest BCUT2D eigenvalue weighted by Gasteiger charge is -2.20. The van der Waals surface area contributed by atoms with Crippen molar-refractivity contribution < 1.29 is 28.7 Å². The highest BCUT2D eigenvalue weighted by Gasteiger charge is 2.20. The summed E-state index contributed by atoms with van der Waals surface area (Å²) in [6, 6.07) is -0.825. The number of ether oxygens (including phenoxy) is 2. The van der Waals surface area contributed by atoms with Gasteiger partial charge in [0.05, 0.1) is 12.6 Å². The molecule has 0 spiro atoms. The molecule has 52 heavy (non-hydrogen) atoms. The monoisotopic (exact) mass is 737 g/mol. The topological polar surface area (TPSA) is 125 Å². The zero-order valence-corrected chi connectivity index (χ0v) is 34.2. The van der Waals surface area contributed by atoms with E-state index in [1.54, 1.807) is 0 Å². The Labute approximate surface area is 320 Å². The van der Waals surface area contributed by atoms with Gasteiger partial charge < -0.3 is 25.3 Å². The van der Waals surface area contributed by atoms with Gasteiger partial charge in [-0.3, -0.25) is 14.4 Å². The van der Waals surface area contributed by atoms with E-state index in [4.69, 9.17) is 15.2 Å². The maximum absolute atomic E-state index is 12.6. The molecule has 8 heteroatoms. The van der Waals surface area contributed by atoms with E-state index in [-0.39, 0.29) is 37.9 Å². The molecule has 0 aliphatic carbocycles. The molecule has 0 saturated carbocycles. The molecular formula is C44H84N2O6. The normalized spacial score (nSPS) is 12.4. The number of carbonyl (C=O) groups excluding carboxylic acids is 4. The highest BCUT2D eigenvalue weighted by Crippen LogP contribution is 2.16. The molecular weight excluding hydrogens is 652 g/mol. The minimum absolute atomic E-state index is 0.00442. The fraction of sp³-hybridized carbons (Fsp3) is 0.909. The number of esters is 2. The molecule has 8 nitrogen and oxygen atoms in total. The first-order valence-corrected chi connectivity index (χ1v) is 22.3. The highest BCUT2D eigenvalue weighted by molar-refractivity contribution is 5.81. The van der Waals surface area contributed by atoms with Crippen LogP contribution in [0.2, 0.25) is 0 Å². The van der Waals surface area contributed by atoms with E-state index in [9.17, 15) is 19.2 Å². The smallest absolute Gasteiger partial charge is 0.306 e. The Morgan fingerprint density at radius 1 is 0.538 bits per heavy atom. The van der Waals surface area contributed by atoms with Crippen molar-refractivity contribution in [3.63, 3.8) is 0 Å². The maximum atomic E-state index is 12.6. The van der Waals surface area contributed by atoms with E-state index < -0.39 is 18.1 Å². The van der Waals surface area contributed by atoms with Gasteiger partial charge in [-0.15, -0.1) is 0 Å². The van der Waals surface area contributed by atoms with Gasteiger partial charge in [-0.25, -0.2) is 0 Å². The largest absolute Gasteiger partial charge is 0.462 e. The number of aldehydes is 1. The Hall–Kier alpha value is -1.96. The predicted molar refractivity (Wildman–Crippen MR) is 216 cm³/mol. The van der Waals surface area contributed by atoms with E-state index in [0.717, 1.165) is 44.8 Å². The molecule has 2 atom stereocenters. The molecule has 3 N–H and O–H groups in total. The Kier molecular flexibility index (Phi) is 38.7. The van der Waals surface area contributed by atoms with Crippen LogP contribution in [0.15, 0.2) is 0 Å². The van der Waals surface area contributed by atoms with Crippen molar-refractivity contribution in [2.75, 3.05) is 13.2 Å². The summed E-state index contributed by atoms with van der Waals surface area (Å²) >= 11 is 0. The second kappa shape index (κ2) is 40.2. The van der Waals surface area contributed by atoms with Gasteiger partial charge in [0.25, 0.3) is 0 Å². The molecule has 1 amide bonds. The Morgan fingerprint density at radius 3 is 1.25 bits per heavy atom. The Balaban J connectivity index is 4.16. The number of carbonyl (C=O) groups is 4. The van der Waals surface area contributed by atoms with Gasteiger partial charge in [0.1, 0.15) is 12.9 Å². The molecule has 0 fully saturated rings. The number of rotatable bonds is 41. The standard InChI is InChI=1S/C44H84N2O6/c1-3-5-7-9-11-13-15-17-19-21-23-25-27-29-31-35-42(48)51-39-40(38-46-44(50)41(45)34-33-37-47)52-43(49)36-32-30-28-26-24-22-20-18-16-14-12-10-8-6-4-2/h37,40-41H,3-36,38-39,45H2,1-2H3,(H,46,50). The minimum atomic E-state index is -0.825. The van der Waals surface area contributed by atoms with E-state index in [1.165, 1.54) is 154 Å². The van der Waals surface area contributed by atoms with Crippen LogP contribution in [-0.2, 0) is 28.7 Å². The number of unbranched alkanes of at least 4 members (excludes halogenated alkanes) is 28. The van der Waals surface area contributed by atoms with Gasteiger partial charge in [0, 0.05) is 19.3 Å². The molecule has 2 unspecified atom stereocenters. The number of nitrogens with one attached hydrogen (secondary N) is 1. The van der Waals surface area contributed by atoms with Crippen molar-refractivity contribution in [2.45, 2.75) is 244 Å². The quantitative estimate of drug-likeness (QED) is 0.0363. The van der Waals surface area contributed by atoms with Crippen LogP contribution in [-0.4, -0.2) is 49.4 Å². The zero-order valence-electron chi connectivity index (χ0n) is 34.2. The predicted octanol–water partition coefficient (Wildman–Crippen LogP) is 11.4. The molecule has 0 aliphatic rings. The Morgan fingerprint density at radius 2 is 0.885 bits per heavy atom. The van der Waals surface area contributed by atoms with Gasteiger partial charge in [0.15, 0.2) is 6.10 Å². The number of amides is 1. The average Bonchev–Trinajstić information content (AvgIpc) is 3.14. The SMILES string of the molecule is CCCCCCCCCCCCCCCCCC(=O)OCC(CNC(=O)C(N)CCC=O)OC(=O)CCCCCCCCCCCCCCCCC. The summed E-state index contributed by atoms with van der Waals surface area (Å²) in [6.45, 7) is 4.43. The minimum Gasteiger partial charge on any atom is -0.462 e. The van der Waals surface area contributed by atoms with Crippen LogP contribution in [0.1, 0.15) is 232 Å². The lowest BCUT2D eigenvalue weighted by Crippen LogP contribution is -2.45. The highest BCUT2D eigenvalue weighted by atomic mass is 16.6. The van der Waals surface area contributed by atoms with Crippen molar-refractivity contribution >= 4 is 24.1 Å². The summed E-state index contributed by atoms with van der Waals surface area (Å²) in [5.74, 6) is -1.08. The zero-order chi connectivity index (χ0) is 38.2. The summed E-state index contributed by atoms with van der Waals surface area (Å²) < 4.78 is 11.1. The lowest BCUT2D eigenvalue weighted by atomic mass is 10.0. The third-order valence-electron chi connectivity index (χ3n) is 10.1. The number of hydrogen-bond donors (Lipinski definition) is 2. The number of nitrogens with two attached hydrogens (primary N) is 1. The van der Waals surface area contributed by atoms with Crippen LogP contribution in [0.3, 0.4) is 0 Å². The van der Waals surface area contributed by atoms with Gasteiger partial charge in [-0.05, 0) is 19.3 Å². The van der Waals surface area contributed by atoms with Crippen molar-refractivity contribution in [3.05, 3.63) is 0 Å². The van der Waals surface area contributed by atoms with Crippen molar-refractivity contribution in [3.8, 4) is 0 Å². The summed E-state index contributed by atoms with van der Waals surface area (Å²) in [4.78, 5) is 48.1. The molecule has 0 aromatic rings. The maximum Gasteiger partial charge on any atom is 0.306 e. The molecule has 0 aromatic heterocycles. The van der Waals surface area contributed by atoms with Crippen molar-refractivity contribution in [2.24, 2.45) is 5.73 Å². The fourth-order valence-corrected chi connectivity index (χ4v) is 6.64. The van der Waals surface area contributed by atoms with Crippen LogP contribution in [0.25, 0.3) is 0 Å². The average molecular weight is 737 g/mol. The number of hydrogen-bond acceptors (Lipinski definition) is 7. The molecule has 0 radical (unpaired) electrons. The van der Waals surface area contributed by atoms with Gasteiger partial charge in [-0.1, -0.05) is 194 Å². The fourth-order valence-electron chi connectivity index (χ4n) is 6.64. The Bertz CT molecular complexity index is 823. The van der Waals surface area contributed by atoms with E-state index in [2.05, 4.69) is 19.2 Å². The lowest BCUT2D eigenvalue weighted by molar-refractivity contribution is -0.159. The van der Waals surface area contributed by atoms with Crippen LogP contribution in [0.4, 0.5) is 0 Å². The van der Waals surface area contributed by atoms with E-state index in [1.807, 2.05) is 0 Å². The second-order valence-corrected chi connectivity index (χ2v) is 15.3. The first-order valence-electron chi connectivity index (χ1n) is 22.3. The molecule has 0 heterocycles. The molecule has 0 bridgehead atoms. The second-order valence-electron chi connectivity index (χ2n) is 15.3.